The van der Waals surface area contributed by atoms with Crippen molar-refractivity contribution in [3.05, 3.63) is 24.7 Å². The highest BCUT2D eigenvalue weighted by atomic mass is 16.5. The zero-order valence-corrected chi connectivity index (χ0v) is 10.6. The van der Waals surface area contributed by atoms with E-state index in [0.717, 1.165) is 0 Å². The molecule has 0 aliphatic carbocycles. The Balaban J connectivity index is 2.02. The molecule has 8 heteroatoms. The Kier molecular flexibility index (Phi) is 5.15. The van der Waals surface area contributed by atoms with E-state index in [0.29, 0.717) is 5.82 Å². The molecule has 0 amide bonds. The van der Waals surface area contributed by atoms with Crippen LogP contribution in [0, 0.1) is 0 Å². The number of aromatic nitrogens is 4. The van der Waals surface area contributed by atoms with Crippen molar-refractivity contribution in [2.45, 2.75) is 0 Å². The molecule has 0 aromatic carbocycles. The fourth-order valence-electron chi connectivity index (χ4n) is 1.35. The summed E-state index contributed by atoms with van der Waals surface area (Å²) in [7, 11) is 0. The Hall–Kier alpha value is -2.32. The van der Waals surface area contributed by atoms with E-state index in [1.54, 1.807) is 18.5 Å². The van der Waals surface area contributed by atoms with Crippen molar-refractivity contribution >= 4 is 0 Å². The number of aliphatic hydroxyl groups excluding tert-OH is 1. The van der Waals surface area contributed by atoms with Crippen LogP contribution in [0.3, 0.4) is 0 Å². The van der Waals surface area contributed by atoms with E-state index >= 15 is 0 Å². The molecular formula is C12H14N4O4. The fraction of sp³-hybridized carbons (Fsp3) is 0.333. The summed E-state index contributed by atoms with van der Waals surface area (Å²) in [6.45, 7) is 0.664. The van der Waals surface area contributed by atoms with Crippen LogP contribution in [0.4, 0.5) is 0 Å². The maximum Gasteiger partial charge on any atom is 0.260 e. The number of hydrogen-bond donors (Lipinski definition) is 2. The molecule has 2 aromatic heterocycles. The van der Waals surface area contributed by atoms with Crippen LogP contribution in [0.25, 0.3) is 11.6 Å². The molecule has 0 fully saturated rings. The number of aliphatic hydroxyl groups is 1. The number of aromatic hydroxyl groups is 1. The van der Waals surface area contributed by atoms with E-state index in [9.17, 15) is 5.11 Å². The van der Waals surface area contributed by atoms with Crippen LogP contribution in [0.2, 0.25) is 0 Å². The Bertz CT molecular complexity index is 538. The summed E-state index contributed by atoms with van der Waals surface area (Å²) in [5.41, 5.74) is 0. The average Bonchev–Trinajstić information content (AvgIpc) is 2.49. The Labute approximate surface area is 115 Å². The highest BCUT2D eigenvalue weighted by molar-refractivity contribution is 5.45. The molecule has 2 rings (SSSR count). The van der Waals surface area contributed by atoms with Gasteiger partial charge < -0.3 is 19.7 Å². The zero-order chi connectivity index (χ0) is 14.2. The monoisotopic (exact) mass is 278 g/mol. The quantitative estimate of drug-likeness (QED) is 0.682. The lowest BCUT2D eigenvalue weighted by Crippen LogP contribution is -2.10. The largest absolute Gasteiger partial charge is 0.502 e. The minimum Gasteiger partial charge on any atom is -0.502 e. The first-order chi connectivity index (χ1) is 9.81. The van der Waals surface area contributed by atoms with Gasteiger partial charge in [0.15, 0.2) is 11.6 Å². The summed E-state index contributed by atoms with van der Waals surface area (Å²) < 4.78 is 10.3. The van der Waals surface area contributed by atoms with Gasteiger partial charge in [-0.1, -0.05) is 0 Å². The van der Waals surface area contributed by atoms with Crippen molar-refractivity contribution in [1.82, 2.24) is 19.9 Å². The van der Waals surface area contributed by atoms with Crippen molar-refractivity contribution in [3.63, 3.8) is 0 Å². The summed E-state index contributed by atoms with van der Waals surface area (Å²) in [6, 6.07) is 1.68. The molecule has 0 radical (unpaired) electrons. The van der Waals surface area contributed by atoms with Gasteiger partial charge in [-0.15, -0.1) is 0 Å². The molecule has 0 aliphatic rings. The Morgan fingerprint density at radius 2 is 1.80 bits per heavy atom. The molecule has 0 saturated heterocycles. The van der Waals surface area contributed by atoms with Gasteiger partial charge in [-0.25, -0.2) is 15.0 Å². The third kappa shape index (κ3) is 3.84. The number of nitrogens with zero attached hydrogens (tertiary/aromatic N) is 4. The second kappa shape index (κ2) is 7.31. The van der Waals surface area contributed by atoms with E-state index in [-0.39, 0.29) is 43.9 Å². The zero-order valence-electron chi connectivity index (χ0n) is 10.6. The highest BCUT2D eigenvalue weighted by Gasteiger charge is 2.10. The van der Waals surface area contributed by atoms with Crippen LogP contribution in [0.1, 0.15) is 0 Å². The molecule has 0 atom stereocenters. The maximum absolute atomic E-state index is 9.61. The predicted octanol–water partition coefficient (Wildman–Crippen LogP) is 0.0269. The molecule has 2 aromatic rings. The molecule has 0 aliphatic heterocycles. The molecule has 0 bridgehead atoms. The summed E-state index contributed by atoms with van der Waals surface area (Å²) in [5.74, 6) is 0.463. The third-order valence-electron chi connectivity index (χ3n) is 2.20. The van der Waals surface area contributed by atoms with Crippen molar-refractivity contribution < 1.29 is 19.7 Å². The molecule has 0 spiro atoms. The highest BCUT2D eigenvalue weighted by Crippen LogP contribution is 2.23. The lowest BCUT2D eigenvalue weighted by molar-refractivity contribution is 0.0688. The van der Waals surface area contributed by atoms with Crippen molar-refractivity contribution in [1.29, 1.82) is 0 Å². The van der Waals surface area contributed by atoms with Gasteiger partial charge in [0, 0.05) is 12.4 Å². The summed E-state index contributed by atoms with van der Waals surface area (Å²) in [6.07, 6.45) is 4.37. The Morgan fingerprint density at radius 1 is 1.00 bits per heavy atom. The van der Waals surface area contributed by atoms with E-state index in [4.69, 9.17) is 14.6 Å². The fourth-order valence-corrected chi connectivity index (χ4v) is 1.35. The van der Waals surface area contributed by atoms with Gasteiger partial charge in [0.2, 0.25) is 5.82 Å². The summed E-state index contributed by atoms with van der Waals surface area (Å²) in [5, 5.41) is 18.2. The first kappa shape index (κ1) is 14.1. The normalized spacial score (nSPS) is 10.4. The van der Waals surface area contributed by atoms with Crippen LogP contribution in [-0.2, 0) is 4.74 Å². The van der Waals surface area contributed by atoms with Crippen LogP contribution in [0.15, 0.2) is 24.7 Å². The third-order valence-corrected chi connectivity index (χ3v) is 2.20. The second-order valence-electron chi connectivity index (χ2n) is 3.64. The molecular weight excluding hydrogens is 264 g/mol. The molecule has 0 unspecified atom stereocenters. The van der Waals surface area contributed by atoms with Gasteiger partial charge in [-0.05, 0) is 6.07 Å². The lowest BCUT2D eigenvalue weighted by Gasteiger charge is -2.08. The van der Waals surface area contributed by atoms with Crippen LogP contribution >= 0.6 is 0 Å². The predicted molar refractivity (Wildman–Crippen MR) is 68.1 cm³/mol. The van der Waals surface area contributed by atoms with E-state index in [1.165, 1.54) is 6.20 Å². The van der Waals surface area contributed by atoms with Gasteiger partial charge in [-0.2, -0.15) is 4.98 Å². The average molecular weight is 278 g/mol. The summed E-state index contributed by atoms with van der Waals surface area (Å²) in [4.78, 5) is 16.0. The van der Waals surface area contributed by atoms with Crippen LogP contribution in [0.5, 0.6) is 11.6 Å². The number of hydrogen-bond acceptors (Lipinski definition) is 8. The van der Waals surface area contributed by atoms with E-state index in [1.807, 2.05) is 0 Å². The van der Waals surface area contributed by atoms with Gasteiger partial charge in [0.25, 0.3) is 5.88 Å². The summed E-state index contributed by atoms with van der Waals surface area (Å²) >= 11 is 0. The maximum atomic E-state index is 9.61. The number of ether oxygens (including phenoxy) is 2. The molecule has 2 heterocycles. The van der Waals surface area contributed by atoms with Gasteiger partial charge in [-0.3, -0.25) is 0 Å². The van der Waals surface area contributed by atoms with Crippen LogP contribution < -0.4 is 4.74 Å². The first-order valence-corrected chi connectivity index (χ1v) is 5.96. The van der Waals surface area contributed by atoms with E-state index in [2.05, 4.69) is 19.9 Å². The molecule has 8 nitrogen and oxygen atoms in total. The van der Waals surface area contributed by atoms with Gasteiger partial charge >= 0.3 is 0 Å². The van der Waals surface area contributed by atoms with E-state index < -0.39 is 0 Å². The SMILES string of the molecule is OCCOCCOc1nc(-c2ncccn2)ncc1O. The molecule has 106 valence electrons. The molecule has 20 heavy (non-hydrogen) atoms. The van der Waals surface area contributed by atoms with Crippen molar-refractivity contribution in [2.24, 2.45) is 0 Å². The van der Waals surface area contributed by atoms with Crippen molar-refractivity contribution in [2.75, 3.05) is 26.4 Å². The van der Waals surface area contributed by atoms with Gasteiger partial charge in [0.1, 0.15) is 6.61 Å². The van der Waals surface area contributed by atoms with Crippen LogP contribution in [-0.4, -0.2) is 56.6 Å². The molecule has 2 N–H and O–H groups in total. The smallest absolute Gasteiger partial charge is 0.260 e. The van der Waals surface area contributed by atoms with Crippen molar-refractivity contribution in [3.8, 4) is 23.3 Å². The first-order valence-electron chi connectivity index (χ1n) is 5.96. The number of rotatable bonds is 7. The minimum atomic E-state index is -0.174. The van der Waals surface area contributed by atoms with Gasteiger partial charge in [0.05, 0.1) is 26.0 Å². The topological polar surface area (TPSA) is 110 Å². The second-order valence-corrected chi connectivity index (χ2v) is 3.64. The standard InChI is InChI=1S/C12H14N4O4/c17-4-5-19-6-7-20-12-9(18)8-15-11(16-12)10-13-2-1-3-14-10/h1-3,8,17-18H,4-7H2. The lowest BCUT2D eigenvalue weighted by atomic mass is 10.4. The minimum absolute atomic E-state index is 0.0371. The molecule has 0 saturated carbocycles. The Morgan fingerprint density at radius 3 is 2.55 bits per heavy atom.